The van der Waals surface area contributed by atoms with Crippen LogP contribution < -0.4 is 10.2 Å². The van der Waals surface area contributed by atoms with Gasteiger partial charge in [-0.15, -0.1) is 11.3 Å². The molecule has 0 saturated carbocycles. The van der Waals surface area contributed by atoms with Gasteiger partial charge in [-0.1, -0.05) is 0 Å². The second-order valence-corrected chi connectivity index (χ2v) is 9.05. The lowest BCUT2D eigenvalue weighted by molar-refractivity contribution is -0.122. The first-order chi connectivity index (χ1) is 14.8. The van der Waals surface area contributed by atoms with E-state index in [0.717, 1.165) is 20.9 Å². The number of ether oxygens (including phenoxy) is 1. The summed E-state index contributed by atoms with van der Waals surface area (Å²) in [5, 5.41) is 3.81. The number of nitrogens with one attached hydrogen (secondary N) is 1. The first-order valence-corrected chi connectivity index (χ1v) is 10.9. The number of aromatic nitrogens is 1. The molecule has 0 bridgehead atoms. The lowest BCUT2D eigenvalue weighted by atomic mass is 10.1. The largest absolute Gasteiger partial charge is 0.459 e. The molecule has 1 aromatic heterocycles. The van der Waals surface area contributed by atoms with Crippen LogP contribution in [0.3, 0.4) is 0 Å². The summed E-state index contributed by atoms with van der Waals surface area (Å²) in [6, 6.07) is 12.3. The number of esters is 1. The molecule has 1 aliphatic heterocycles. The van der Waals surface area contributed by atoms with Crippen molar-refractivity contribution in [1.82, 2.24) is 4.98 Å². The zero-order chi connectivity index (χ0) is 22.1. The van der Waals surface area contributed by atoms with Crippen molar-refractivity contribution >= 4 is 50.7 Å². The summed E-state index contributed by atoms with van der Waals surface area (Å²) >= 11 is 1.61. The van der Waals surface area contributed by atoms with Gasteiger partial charge in [-0.25, -0.2) is 9.78 Å². The van der Waals surface area contributed by atoms with E-state index in [0.29, 0.717) is 17.8 Å². The topological polar surface area (TPSA) is 88.6 Å². The van der Waals surface area contributed by atoms with E-state index in [1.54, 1.807) is 54.3 Å². The predicted molar refractivity (Wildman–Crippen MR) is 120 cm³/mol. The molecule has 31 heavy (non-hydrogen) atoms. The molecule has 2 aromatic carbocycles. The Morgan fingerprint density at radius 1 is 1.19 bits per heavy atom. The zero-order valence-corrected chi connectivity index (χ0v) is 18.4. The Bertz CT molecular complexity index is 1150. The summed E-state index contributed by atoms with van der Waals surface area (Å²) in [4.78, 5) is 43.3. The molecule has 7 nitrogen and oxygen atoms in total. The van der Waals surface area contributed by atoms with Crippen molar-refractivity contribution in [3.8, 4) is 0 Å². The van der Waals surface area contributed by atoms with Crippen LogP contribution in [0.15, 0.2) is 42.5 Å². The molecule has 1 saturated heterocycles. The number of nitrogens with zero attached hydrogens (tertiary/aromatic N) is 2. The Kier molecular flexibility index (Phi) is 5.73. The molecule has 0 aliphatic carbocycles. The van der Waals surface area contributed by atoms with Crippen LogP contribution in [0.5, 0.6) is 0 Å². The molecule has 0 radical (unpaired) electrons. The van der Waals surface area contributed by atoms with Gasteiger partial charge in [0.2, 0.25) is 11.8 Å². The number of aryl methyl sites for hydroxylation is 1. The molecular weight excluding hydrogens is 414 g/mol. The van der Waals surface area contributed by atoms with E-state index in [2.05, 4.69) is 10.3 Å². The number of fused-ring (bicyclic) bond motifs is 1. The molecule has 3 aromatic rings. The Morgan fingerprint density at radius 3 is 2.65 bits per heavy atom. The summed E-state index contributed by atoms with van der Waals surface area (Å²) in [6.07, 6.45) is -0.0475. The Balaban J connectivity index is 1.41. The molecule has 8 heteroatoms. The van der Waals surface area contributed by atoms with E-state index in [9.17, 15) is 14.4 Å². The number of rotatable bonds is 5. The van der Waals surface area contributed by atoms with Gasteiger partial charge in [-0.2, -0.15) is 0 Å². The molecule has 1 aliphatic rings. The smallest absolute Gasteiger partial charge is 0.338 e. The minimum absolute atomic E-state index is 0.0850. The number of carbonyl (C=O) groups excluding carboxylic acids is 3. The lowest BCUT2D eigenvalue weighted by Crippen LogP contribution is -2.28. The standard InChI is InChI=1S/C23H23N3O4S/c1-13(2)30-23(29)15-4-6-17(7-5-15)25-22(28)16-10-21(27)26(12-16)18-8-9-20-19(11-18)24-14(3)31-20/h4-9,11,13,16H,10,12H2,1-3H3,(H,25,28). The fourth-order valence-electron chi connectivity index (χ4n) is 3.55. The van der Waals surface area contributed by atoms with Crippen LogP contribution >= 0.6 is 11.3 Å². The van der Waals surface area contributed by atoms with Crippen molar-refractivity contribution in [1.29, 1.82) is 0 Å². The van der Waals surface area contributed by atoms with Crippen molar-refractivity contribution in [3.63, 3.8) is 0 Å². The number of hydrogen-bond donors (Lipinski definition) is 1. The van der Waals surface area contributed by atoms with Gasteiger partial charge < -0.3 is 15.0 Å². The van der Waals surface area contributed by atoms with E-state index < -0.39 is 11.9 Å². The van der Waals surface area contributed by atoms with Crippen LogP contribution in [0.2, 0.25) is 0 Å². The van der Waals surface area contributed by atoms with E-state index in [4.69, 9.17) is 4.74 Å². The predicted octanol–water partition coefficient (Wildman–Crippen LogP) is 4.16. The van der Waals surface area contributed by atoms with Crippen molar-refractivity contribution < 1.29 is 19.1 Å². The van der Waals surface area contributed by atoms with Gasteiger partial charge in [0.25, 0.3) is 0 Å². The van der Waals surface area contributed by atoms with Gasteiger partial charge in [0.15, 0.2) is 0 Å². The molecule has 1 N–H and O–H groups in total. The molecule has 1 unspecified atom stereocenters. The van der Waals surface area contributed by atoms with E-state index >= 15 is 0 Å². The number of anilines is 2. The highest BCUT2D eigenvalue weighted by molar-refractivity contribution is 7.18. The van der Waals surface area contributed by atoms with E-state index in [1.165, 1.54) is 0 Å². The van der Waals surface area contributed by atoms with Crippen LogP contribution in [0, 0.1) is 12.8 Å². The maximum Gasteiger partial charge on any atom is 0.338 e. The van der Waals surface area contributed by atoms with Crippen molar-refractivity contribution in [2.24, 2.45) is 5.92 Å². The fourth-order valence-corrected chi connectivity index (χ4v) is 4.36. The highest BCUT2D eigenvalue weighted by Crippen LogP contribution is 2.30. The summed E-state index contributed by atoms with van der Waals surface area (Å²) in [5.74, 6) is -1.17. The number of amides is 2. The number of thiazole rings is 1. The lowest BCUT2D eigenvalue weighted by Gasteiger charge is -2.17. The number of benzene rings is 2. The normalized spacial score (nSPS) is 16.2. The van der Waals surface area contributed by atoms with Gasteiger partial charge in [-0.05, 0) is 63.2 Å². The van der Waals surface area contributed by atoms with Crippen molar-refractivity contribution in [2.45, 2.75) is 33.3 Å². The van der Waals surface area contributed by atoms with Crippen molar-refractivity contribution in [2.75, 3.05) is 16.8 Å². The van der Waals surface area contributed by atoms with Crippen LogP contribution in [0.1, 0.15) is 35.6 Å². The summed E-state index contributed by atoms with van der Waals surface area (Å²) in [7, 11) is 0. The Morgan fingerprint density at radius 2 is 1.94 bits per heavy atom. The van der Waals surface area contributed by atoms with Gasteiger partial charge in [-0.3, -0.25) is 9.59 Å². The van der Waals surface area contributed by atoms with Gasteiger partial charge in [0.05, 0.1) is 32.8 Å². The number of carbonyl (C=O) groups is 3. The van der Waals surface area contributed by atoms with Gasteiger partial charge in [0.1, 0.15) is 0 Å². The minimum Gasteiger partial charge on any atom is -0.459 e. The quantitative estimate of drug-likeness (QED) is 0.606. The second-order valence-electron chi connectivity index (χ2n) is 7.81. The Hall–Kier alpha value is -3.26. The molecular formula is C23H23N3O4S. The third kappa shape index (κ3) is 4.59. The van der Waals surface area contributed by atoms with E-state index in [-0.39, 0.29) is 24.3 Å². The van der Waals surface area contributed by atoms with Gasteiger partial charge in [0, 0.05) is 24.3 Å². The second kappa shape index (κ2) is 8.47. The third-order valence-corrected chi connectivity index (χ3v) is 5.97. The van der Waals surface area contributed by atoms with E-state index in [1.807, 2.05) is 25.1 Å². The first-order valence-electron chi connectivity index (χ1n) is 10.1. The van der Waals surface area contributed by atoms with Gasteiger partial charge >= 0.3 is 5.97 Å². The fraction of sp³-hybridized carbons (Fsp3) is 0.304. The monoisotopic (exact) mass is 437 g/mol. The van der Waals surface area contributed by atoms with Crippen LogP contribution in [-0.2, 0) is 14.3 Å². The molecule has 2 heterocycles. The third-order valence-electron chi connectivity index (χ3n) is 5.02. The van der Waals surface area contributed by atoms with Crippen molar-refractivity contribution in [3.05, 3.63) is 53.0 Å². The maximum absolute atomic E-state index is 12.7. The molecule has 160 valence electrons. The average molecular weight is 438 g/mol. The Labute approximate surface area is 184 Å². The highest BCUT2D eigenvalue weighted by atomic mass is 32.1. The summed E-state index contributed by atoms with van der Waals surface area (Å²) < 4.78 is 6.23. The van der Waals surface area contributed by atoms with Crippen LogP contribution in [-0.4, -0.2) is 35.4 Å². The molecule has 0 spiro atoms. The summed E-state index contributed by atoms with van der Waals surface area (Å²) in [5.41, 5.74) is 2.60. The average Bonchev–Trinajstić information content (AvgIpc) is 3.29. The molecule has 1 fully saturated rings. The van der Waals surface area contributed by atoms with Crippen LogP contribution in [0.25, 0.3) is 10.2 Å². The highest BCUT2D eigenvalue weighted by Gasteiger charge is 2.35. The molecule has 4 rings (SSSR count). The summed E-state index contributed by atoms with van der Waals surface area (Å²) in [6.45, 7) is 5.84. The minimum atomic E-state index is -0.453. The first kappa shape index (κ1) is 21.0. The SMILES string of the molecule is Cc1nc2cc(N3CC(C(=O)Nc4ccc(C(=O)OC(C)C)cc4)CC3=O)ccc2s1. The van der Waals surface area contributed by atoms with Crippen LogP contribution in [0.4, 0.5) is 11.4 Å². The maximum atomic E-state index is 12.7. The molecule has 1 atom stereocenters. The molecule has 2 amide bonds. The zero-order valence-electron chi connectivity index (χ0n) is 17.5. The number of hydrogen-bond acceptors (Lipinski definition) is 6.